The first kappa shape index (κ1) is 15.9. The molecule has 0 N–H and O–H groups in total. The van der Waals surface area contributed by atoms with E-state index >= 15 is 0 Å². The normalized spacial score (nSPS) is 11.5. The molecule has 0 aromatic heterocycles. The summed E-state index contributed by atoms with van der Waals surface area (Å²) in [6.45, 7) is 2.22. The lowest BCUT2D eigenvalue weighted by Crippen LogP contribution is -2.08. The highest BCUT2D eigenvalue weighted by Crippen LogP contribution is 2.41. The Kier molecular flexibility index (Phi) is 4.93. The van der Waals surface area contributed by atoms with E-state index in [9.17, 15) is 13.2 Å². The van der Waals surface area contributed by atoms with Crippen molar-refractivity contribution in [1.82, 2.24) is 0 Å². The van der Waals surface area contributed by atoms with Crippen molar-refractivity contribution in [3.8, 4) is 16.9 Å². The lowest BCUT2D eigenvalue weighted by atomic mass is 9.97. The quantitative estimate of drug-likeness (QED) is 0.660. The SMILES string of the molecule is Cc1cccc(-c2ccccc2C(F)(F)F)c1OCCBr. The zero-order chi connectivity index (χ0) is 15.5. The van der Waals surface area contributed by atoms with Gasteiger partial charge in [0, 0.05) is 10.9 Å². The van der Waals surface area contributed by atoms with Gasteiger partial charge in [-0.3, -0.25) is 0 Å². The summed E-state index contributed by atoms with van der Waals surface area (Å²) in [6, 6.07) is 10.8. The summed E-state index contributed by atoms with van der Waals surface area (Å²) in [5.41, 5.74) is 0.756. The maximum absolute atomic E-state index is 13.2. The topological polar surface area (TPSA) is 9.23 Å². The van der Waals surface area contributed by atoms with E-state index in [-0.39, 0.29) is 5.56 Å². The van der Waals surface area contributed by atoms with Gasteiger partial charge >= 0.3 is 6.18 Å². The first-order valence-corrected chi connectivity index (χ1v) is 7.52. The summed E-state index contributed by atoms with van der Waals surface area (Å²) in [5, 5.41) is 0.613. The van der Waals surface area contributed by atoms with Gasteiger partial charge < -0.3 is 4.74 Å². The van der Waals surface area contributed by atoms with Crippen molar-refractivity contribution in [2.75, 3.05) is 11.9 Å². The van der Waals surface area contributed by atoms with Crippen molar-refractivity contribution in [2.24, 2.45) is 0 Å². The largest absolute Gasteiger partial charge is 0.492 e. The van der Waals surface area contributed by atoms with Crippen LogP contribution in [0, 0.1) is 6.92 Å². The Hall–Kier alpha value is -1.49. The zero-order valence-electron chi connectivity index (χ0n) is 11.4. The summed E-state index contributed by atoms with van der Waals surface area (Å²) in [5.74, 6) is 0.494. The van der Waals surface area contributed by atoms with E-state index in [4.69, 9.17) is 4.74 Å². The smallest absolute Gasteiger partial charge is 0.417 e. The molecule has 2 aromatic carbocycles. The monoisotopic (exact) mass is 358 g/mol. The first-order chi connectivity index (χ1) is 9.95. The van der Waals surface area contributed by atoms with Crippen molar-refractivity contribution in [3.63, 3.8) is 0 Å². The molecule has 0 saturated heterocycles. The third kappa shape index (κ3) is 3.59. The van der Waals surface area contributed by atoms with Crippen LogP contribution in [0.15, 0.2) is 42.5 Å². The Labute approximate surface area is 129 Å². The van der Waals surface area contributed by atoms with Crippen LogP contribution in [-0.4, -0.2) is 11.9 Å². The predicted molar refractivity (Wildman–Crippen MR) is 80.9 cm³/mol. The molecule has 112 valence electrons. The standard InChI is InChI=1S/C16H14BrF3O/c1-11-5-4-7-13(15(11)21-10-9-17)12-6-2-3-8-14(12)16(18,19)20/h2-8H,9-10H2,1H3. The summed E-state index contributed by atoms with van der Waals surface area (Å²) >= 11 is 3.25. The minimum Gasteiger partial charge on any atom is -0.492 e. The number of rotatable bonds is 4. The molecule has 0 spiro atoms. The van der Waals surface area contributed by atoms with Crippen molar-refractivity contribution >= 4 is 15.9 Å². The molecule has 0 unspecified atom stereocenters. The highest BCUT2D eigenvalue weighted by atomic mass is 79.9. The van der Waals surface area contributed by atoms with Gasteiger partial charge in [-0.05, 0) is 24.1 Å². The molecule has 0 heterocycles. The van der Waals surface area contributed by atoms with Gasteiger partial charge in [0.25, 0.3) is 0 Å². The second kappa shape index (κ2) is 6.52. The Morgan fingerprint density at radius 3 is 2.33 bits per heavy atom. The molecule has 0 radical (unpaired) electrons. The van der Waals surface area contributed by atoms with E-state index in [0.29, 0.717) is 23.2 Å². The van der Waals surface area contributed by atoms with E-state index in [1.54, 1.807) is 18.2 Å². The van der Waals surface area contributed by atoms with Crippen LogP contribution >= 0.6 is 15.9 Å². The van der Waals surface area contributed by atoms with Gasteiger partial charge in [0.15, 0.2) is 0 Å². The molecule has 2 rings (SSSR count). The van der Waals surface area contributed by atoms with E-state index in [2.05, 4.69) is 15.9 Å². The average Bonchev–Trinajstić information content (AvgIpc) is 2.45. The molecule has 1 nitrogen and oxygen atoms in total. The number of hydrogen-bond donors (Lipinski definition) is 0. The fourth-order valence-corrected chi connectivity index (χ4v) is 2.32. The summed E-state index contributed by atoms with van der Waals surface area (Å²) < 4.78 is 45.1. The molecule has 2 aromatic rings. The molecular weight excluding hydrogens is 345 g/mol. The van der Waals surface area contributed by atoms with Gasteiger partial charge in [-0.2, -0.15) is 13.2 Å². The molecular formula is C16H14BrF3O. The first-order valence-electron chi connectivity index (χ1n) is 6.40. The zero-order valence-corrected chi connectivity index (χ0v) is 13.0. The van der Waals surface area contributed by atoms with Crippen LogP contribution in [0.3, 0.4) is 0 Å². The highest BCUT2D eigenvalue weighted by Gasteiger charge is 2.34. The van der Waals surface area contributed by atoms with Crippen molar-refractivity contribution in [1.29, 1.82) is 0 Å². The molecule has 0 aliphatic carbocycles. The van der Waals surface area contributed by atoms with E-state index in [1.807, 2.05) is 13.0 Å². The third-order valence-corrected chi connectivity index (χ3v) is 3.38. The molecule has 0 bridgehead atoms. The number of halogens is 4. The molecule has 0 fully saturated rings. The molecule has 0 aliphatic heterocycles. The lowest BCUT2D eigenvalue weighted by molar-refractivity contribution is -0.137. The van der Waals surface area contributed by atoms with Crippen LogP contribution in [0.1, 0.15) is 11.1 Å². The third-order valence-electron chi connectivity index (χ3n) is 3.06. The van der Waals surface area contributed by atoms with Gasteiger partial charge in [-0.25, -0.2) is 0 Å². The molecule has 0 aliphatic rings. The summed E-state index contributed by atoms with van der Waals surface area (Å²) in [6.07, 6.45) is -4.40. The van der Waals surface area contributed by atoms with E-state index < -0.39 is 11.7 Å². The van der Waals surface area contributed by atoms with Crippen LogP contribution in [0.5, 0.6) is 5.75 Å². The van der Waals surface area contributed by atoms with Gasteiger partial charge in [-0.15, -0.1) is 0 Å². The maximum Gasteiger partial charge on any atom is 0.417 e. The van der Waals surface area contributed by atoms with Crippen LogP contribution in [0.4, 0.5) is 13.2 Å². The maximum atomic E-state index is 13.2. The van der Waals surface area contributed by atoms with Crippen LogP contribution < -0.4 is 4.74 Å². The van der Waals surface area contributed by atoms with Crippen LogP contribution in [0.2, 0.25) is 0 Å². The number of aryl methyl sites for hydroxylation is 1. The number of alkyl halides is 4. The van der Waals surface area contributed by atoms with Crippen LogP contribution in [-0.2, 0) is 6.18 Å². The minimum absolute atomic E-state index is 0.137. The van der Waals surface area contributed by atoms with Gasteiger partial charge in [0.05, 0.1) is 12.2 Å². The fourth-order valence-electron chi connectivity index (χ4n) is 2.16. The Balaban J connectivity index is 2.60. The summed E-state index contributed by atoms with van der Waals surface area (Å²) in [4.78, 5) is 0. The molecule has 0 amide bonds. The lowest BCUT2D eigenvalue weighted by Gasteiger charge is -2.17. The molecule has 5 heteroatoms. The Morgan fingerprint density at radius 1 is 1.00 bits per heavy atom. The predicted octanol–water partition coefficient (Wildman–Crippen LogP) is 5.45. The van der Waals surface area contributed by atoms with Crippen LogP contribution in [0.25, 0.3) is 11.1 Å². The van der Waals surface area contributed by atoms with Crippen molar-refractivity contribution in [3.05, 3.63) is 53.6 Å². The summed E-state index contributed by atoms with van der Waals surface area (Å²) in [7, 11) is 0. The van der Waals surface area contributed by atoms with Crippen molar-refractivity contribution < 1.29 is 17.9 Å². The number of para-hydroxylation sites is 1. The number of hydrogen-bond acceptors (Lipinski definition) is 1. The number of ether oxygens (including phenoxy) is 1. The second-order valence-electron chi connectivity index (χ2n) is 4.53. The molecule has 0 atom stereocenters. The highest BCUT2D eigenvalue weighted by molar-refractivity contribution is 9.09. The minimum atomic E-state index is -4.40. The Morgan fingerprint density at radius 2 is 1.67 bits per heavy atom. The average molecular weight is 359 g/mol. The van der Waals surface area contributed by atoms with E-state index in [0.717, 1.165) is 11.6 Å². The number of benzene rings is 2. The van der Waals surface area contributed by atoms with E-state index in [1.165, 1.54) is 12.1 Å². The van der Waals surface area contributed by atoms with Gasteiger partial charge in [0.1, 0.15) is 5.75 Å². The second-order valence-corrected chi connectivity index (χ2v) is 5.33. The van der Waals surface area contributed by atoms with Gasteiger partial charge in [0.2, 0.25) is 0 Å². The fraction of sp³-hybridized carbons (Fsp3) is 0.250. The van der Waals surface area contributed by atoms with Gasteiger partial charge in [-0.1, -0.05) is 52.3 Å². The molecule has 0 saturated carbocycles. The molecule has 21 heavy (non-hydrogen) atoms. The Bertz CT molecular complexity index is 623. The van der Waals surface area contributed by atoms with Crippen molar-refractivity contribution in [2.45, 2.75) is 13.1 Å².